The van der Waals surface area contributed by atoms with E-state index < -0.39 is 6.10 Å². The van der Waals surface area contributed by atoms with Crippen LogP contribution in [0.2, 0.25) is 0 Å². The molecule has 0 fully saturated rings. The summed E-state index contributed by atoms with van der Waals surface area (Å²) in [5, 5.41) is 0. The molecule has 0 saturated heterocycles. The molecule has 1 unspecified atom stereocenters. The van der Waals surface area contributed by atoms with Crippen LogP contribution in [0.5, 0.6) is 0 Å². The first kappa shape index (κ1) is 55.9. The van der Waals surface area contributed by atoms with Crippen LogP contribution in [0.1, 0.15) is 252 Å². The fourth-order valence-corrected chi connectivity index (χ4v) is 6.99. The van der Waals surface area contributed by atoms with E-state index in [1.54, 1.807) is 0 Å². The van der Waals surface area contributed by atoms with E-state index in [1.807, 2.05) is 0 Å². The van der Waals surface area contributed by atoms with Crippen LogP contribution in [-0.2, 0) is 23.8 Å². The minimum atomic E-state index is -0.545. The summed E-state index contributed by atoms with van der Waals surface area (Å²) in [5.74, 6) is -0.413. The van der Waals surface area contributed by atoms with Gasteiger partial charge in [-0.1, -0.05) is 198 Å². The van der Waals surface area contributed by atoms with Crippen LogP contribution < -0.4 is 0 Å². The Morgan fingerprint density at radius 2 is 0.776 bits per heavy atom. The quantitative estimate of drug-likeness (QED) is 0.0348. The van der Waals surface area contributed by atoms with Crippen molar-refractivity contribution in [2.24, 2.45) is 0 Å². The van der Waals surface area contributed by atoms with Crippen molar-refractivity contribution < 1.29 is 23.8 Å². The van der Waals surface area contributed by atoms with Gasteiger partial charge in [-0.3, -0.25) is 9.59 Å². The number of ether oxygens (including phenoxy) is 3. The standard InChI is InChI=1S/C53H96O5/c1-4-7-10-13-16-19-22-24-26-27-28-29-32-34-37-40-43-46-52(54)57-50-51(58-53(55)47-44-41-38-35-31-21-18-15-12-9-6-3)49-56-48-45-42-39-36-33-30-25-23-20-17-14-11-8-5-2/h11,14-15,18,20,23-24,26,51H,4-10,12-13,16-17,19,21-22,25,27-50H2,1-3H3/b14-11-,18-15-,23-20-,26-24-. The third-order valence-electron chi connectivity index (χ3n) is 10.8. The van der Waals surface area contributed by atoms with Crippen molar-refractivity contribution in [1.29, 1.82) is 0 Å². The van der Waals surface area contributed by atoms with Gasteiger partial charge in [0, 0.05) is 19.4 Å². The van der Waals surface area contributed by atoms with Gasteiger partial charge < -0.3 is 14.2 Å². The van der Waals surface area contributed by atoms with Crippen LogP contribution in [0.3, 0.4) is 0 Å². The summed E-state index contributed by atoms with van der Waals surface area (Å²) in [6.07, 6.45) is 59.7. The number of carbonyl (C=O) groups is 2. The lowest BCUT2D eigenvalue weighted by molar-refractivity contribution is -0.163. The zero-order valence-electron chi connectivity index (χ0n) is 38.8. The first-order valence-electron chi connectivity index (χ1n) is 25.2. The van der Waals surface area contributed by atoms with Crippen LogP contribution in [0.4, 0.5) is 0 Å². The molecule has 0 aromatic heterocycles. The molecule has 0 aliphatic heterocycles. The highest BCUT2D eigenvalue weighted by atomic mass is 16.6. The lowest BCUT2D eigenvalue weighted by Gasteiger charge is -2.18. The number of unbranched alkanes of at least 4 members (excludes halogenated alkanes) is 27. The van der Waals surface area contributed by atoms with Gasteiger partial charge in [-0.05, 0) is 89.9 Å². The first-order chi connectivity index (χ1) is 28.6. The van der Waals surface area contributed by atoms with E-state index in [2.05, 4.69) is 69.4 Å². The first-order valence-corrected chi connectivity index (χ1v) is 25.2. The maximum Gasteiger partial charge on any atom is 0.306 e. The summed E-state index contributed by atoms with van der Waals surface area (Å²) >= 11 is 0. The Kier molecular flexibility index (Phi) is 47.4. The lowest BCUT2D eigenvalue weighted by Crippen LogP contribution is -2.30. The van der Waals surface area contributed by atoms with E-state index in [0.29, 0.717) is 19.4 Å². The minimum absolute atomic E-state index is 0.0766. The van der Waals surface area contributed by atoms with Crippen molar-refractivity contribution in [3.63, 3.8) is 0 Å². The molecule has 0 saturated carbocycles. The van der Waals surface area contributed by atoms with E-state index in [1.165, 1.54) is 161 Å². The smallest absolute Gasteiger partial charge is 0.306 e. The summed E-state index contributed by atoms with van der Waals surface area (Å²) in [6.45, 7) is 7.71. The molecule has 0 amide bonds. The van der Waals surface area contributed by atoms with Gasteiger partial charge in [0.2, 0.25) is 0 Å². The highest BCUT2D eigenvalue weighted by Gasteiger charge is 2.17. The zero-order valence-corrected chi connectivity index (χ0v) is 38.8. The van der Waals surface area contributed by atoms with Gasteiger partial charge in [-0.15, -0.1) is 0 Å². The van der Waals surface area contributed by atoms with Crippen molar-refractivity contribution in [1.82, 2.24) is 0 Å². The fraction of sp³-hybridized carbons (Fsp3) is 0.811. The summed E-state index contributed by atoms with van der Waals surface area (Å²) in [4.78, 5) is 25.3. The predicted molar refractivity (Wildman–Crippen MR) is 251 cm³/mol. The molecule has 0 aliphatic carbocycles. The molecule has 5 heteroatoms. The monoisotopic (exact) mass is 813 g/mol. The molecule has 5 nitrogen and oxygen atoms in total. The Hall–Kier alpha value is -2.14. The molecule has 0 bridgehead atoms. The third kappa shape index (κ3) is 46.5. The molecule has 0 aromatic carbocycles. The second-order valence-electron chi connectivity index (χ2n) is 16.7. The molecular weight excluding hydrogens is 717 g/mol. The largest absolute Gasteiger partial charge is 0.462 e. The minimum Gasteiger partial charge on any atom is -0.462 e. The van der Waals surface area contributed by atoms with Crippen molar-refractivity contribution in [2.45, 2.75) is 258 Å². The molecule has 0 aliphatic rings. The Morgan fingerprint density at radius 1 is 0.379 bits per heavy atom. The van der Waals surface area contributed by atoms with Gasteiger partial charge in [0.1, 0.15) is 6.61 Å². The maximum absolute atomic E-state index is 12.7. The molecule has 0 spiro atoms. The molecular formula is C53H96O5. The average molecular weight is 813 g/mol. The molecule has 0 aromatic rings. The van der Waals surface area contributed by atoms with Gasteiger partial charge in [0.25, 0.3) is 0 Å². The SMILES string of the molecule is CCC/C=C\C/C=C\CCCCCCCCOCC(COC(=O)CCCCCCCCC/C=C\CCCCCCCC)OC(=O)CCCCCCC/C=C\CCCC. The van der Waals surface area contributed by atoms with Gasteiger partial charge in [-0.2, -0.15) is 0 Å². The fourth-order valence-electron chi connectivity index (χ4n) is 6.99. The second-order valence-corrected chi connectivity index (χ2v) is 16.7. The van der Waals surface area contributed by atoms with Crippen LogP contribution in [0.15, 0.2) is 48.6 Å². The van der Waals surface area contributed by atoms with Crippen molar-refractivity contribution in [3.8, 4) is 0 Å². The number of esters is 2. The van der Waals surface area contributed by atoms with Crippen LogP contribution in [0.25, 0.3) is 0 Å². The van der Waals surface area contributed by atoms with E-state index in [-0.39, 0.29) is 25.2 Å². The van der Waals surface area contributed by atoms with Gasteiger partial charge in [0.15, 0.2) is 6.10 Å². The zero-order chi connectivity index (χ0) is 42.1. The number of hydrogen-bond acceptors (Lipinski definition) is 5. The molecule has 0 radical (unpaired) electrons. The van der Waals surface area contributed by atoms with E-state index in [9.17, 15) is 9.59 Å². The van der Waals surface area contributed by atoms with E-state index >= 15 is 0 Å². The number of carbonyl (C=O) groups excluding carboxylic acids is 2. The summed E-state index contributed by atoms with van der Waals surface area (Å²) in [5.41, 5.74) is 0. The summed E-state index contributed by atoms with van der Waals surface area (Å²) in [6, 6.07) is 0. The summed E-state index contributed by atoms with van der Waals surface area (Å²) in [7, 11) is 0. The molecule has 58 heavy (non-hydrogen) atoms. The topological polar surface area (TPSA) is 61.8 Å². The van der Waals surface area contributed by atoms with Gasteiger partial charge in [0.05, 0.1) is 6.61 Å². The predicted octanol–water partition coefficient (Wildman–Crippen LogP) is 16.8. The number of allylic oxidation sites excluding steroid dienone is 8. The van der Waals surface area contributed by atoms with Gasteiger partial charge in [-0.25, -0.2) is 0 Å². The number of rotatable bonds is 46. The maximum atomic E-state index is 12.7. The average Bonchev–Trinajstić information content (AvgIpc) is 3.22. The highest BCUT2D eigenvalue weighted by molar-refractivity contribution is 5.70. The normalized spacial score (nSPS) is 12.5. The van der Waals surface area contributed by atoms with Crippen molar-refractivity contribution in [3.05, 3.63) is 48.6 Å². The molecule has 1 atom stereocenters. The van der Waals surface area contributed by atoms with Crippen LogP contribution in [-0.4, -0.2) is 37.9 Å². The van der Waals surface area contributed by atoms with Crippen molar-refractivity contribution >= 4 is 11.9 Å². The van der Waals surface area contributed by atoms with Crippen LogP contribution >= 0.6 is 0 Å². The Labute approximate surface area is 361 Å². The van der Waals surface area contributed by atoms with Crippen LogP contribution in [0, 0.1) is 0 Å². The Balaban J connectivity index is 4.24. The summed E-state index contributed by atoms with van der Waals surface area (Å²) < 4.78 is 17.4. The molecule has 0 heterocycles. The molecule has 0 N–H and O–H groups in total. The van der Waals surface area contributed by atoms with Crippen molar-refractivity contribution in [2.75, 3.05) is 19.8 Å². The molecule has 338 valence electrons. The Bertz CT molecular complexity index is 966. The molecule has 0 rings (SSSR count). The second kappa shape index (κ2) is 49.2. The lowest BCUT2D eigenvalue weighted by atomic mass is 10.1. The third-order valence-corrected chi connectivity index (χ3v) is 10.8. The highest BCUT2D eigenvalue weighted by Crippen LogP contribution is 2.14. The Morgan fingerprint density at radius 3 is 1.28 bits per heavy atom. The van der Waals surface area contributed by atoms with E-state index in [4.69, 9.17) is 14.2 Å². The number of hydrogen-bond donors (Lipinski definition) is 0. The van der Waals surface area contributed by atoms with E-state index in [0.717, 1.165) is 57.8 Å². The van der Waals surface area contributed by atoms with Gasteiger partial charge >= 0.3 is 11.9 Å².